The Morgan fingerprint density at radius 1 is 1.33 bits per heavy atom. The monoisotopic (exact) mass is 308 g/mol. The summed E-state index contributed by atoms with van der Waals surface area (Å²) in [5.41, 5.74) is 1.61. The molecule has 0 aromatic heterocycles. The zero-order valence-electron chi connectivity index (χ0n) is 12.5. The molecule has 0 unspecified atom stereocenters. The van der Waals surface area contributed by atoms with E-state index in [1.54, 1.807) is 18.2 Å². The maximum atomic E-state index is 12.1. The average molecular weight is 309 g/mol. The van der Waals surface area contributed by atoms with Gasteiger partial charge in [-0.15, -0.1) is 0 Å². The number of carbonyl (C=O) groups is 2. The van der Waals surface area contributed by atoms with Crippen LogP contribution < -0.4 is 10.2 Å². The molecule has 0 atom stereocenters. The topological polar surface area (TPSA) is 49.4 Å². The number of nitrogens with one attached hydrogen (secondary N) is 1. The molecule has 0 saturated heterocycles. The van der Waals surface area contributed by atoms with Crippen molar-refractivity contribution in [2.75, 3.05) is 11.4 Å². The highest BCUT2D eigenvalue weighted by Gasteiger charge is 2.21. The molecule has 1 aliphatic rings. The fourth-order valence-corrected chi connectivity index (χ4v) is 3.00. The number of aryl methyl sites for hydroxylation is 1. The summed E-state index contributed by atoms with van der Waals surface area (Å²) in [5, 5.41) is 3.63. The van der Waals surface area contributed by atoms with Gasteiger partial charge in [0.2, 0.25) is 11.8 Å². The van der Waals surface area contributed by atoms with Crippen molar-refractivity contribution in [1.82, 2.24) is 5.32 Å². The molecule has 2 amide bonds. The highest BCUT2D eigenvalue weighted by atomic mass is 35.5. The summed E-state index contributed by atoms with van der Waals surface area (Å²) in [5.74, 6) is -0.256. The quantitative estimate of drug-likeness (QED) is 0.929. The first-order valence-corrected chi connectivity index (χ1v) is 7.69. The summed E-state index contributed by atoms with van der Waals surface area (Å²) >= 11 is 5.94. The third-order valence-electron chi connectivity index (χ3n) is 3.85. The summed E-state index contributed by atoms with van der Waals surface area (Å²) in [6.07, 6.45) is 4.40. The maximum Gasteiger partial charge on any atom is 0.240 e. The largest absolute Gasteiger partial charge is 0.352 e. The van der Waals surface area contributed by atoms with Crippen LogP contribution in [-0.4, -0.2) is 24.4 Å². The highest BCUT2D eigenvalue weighted by Crippen LogP contribution is 2.24. The van der Waals surface area contributed by atoms with E-state index >= 15 is 0 Å². The molecule has 114 valence electrons. The molecule has 0 aliphatic heterocycles. The van der Waals surface area contributed by atoms with E-state index < -0.39 is 0 Å². The SMILES string of the molecule is CC(=O)N(CC(=O)NC1CCCC1)c1ccc(Cl)cc1C. The van der Waals surface area contributed by atoms with Gasteiger partial charge in [0.1, 0.15) is 6.54 Å². The van der Waals surface area contributed by atoms with Gasteiger partial charge in [0, 0.05) is 23.7 Å². The summed E-state index contributed by atoms with van der Waals surface area (Å²) in [4.78, 5) is 25.5. The fraction of sp³-hybridized carbons (Fsp3) is 0.500. The first kappa shape index (κ1) is 15.8. The van der Waals surface area contributed by atoms with Crippen molar-refractivity contribution < 1.29 is 9.59 Å². The second kappa shape index (κ2) is 6.94. The van der Waals surface area contributed by atoms with Gasteiger partial charge in [-0.2, -0.15) is 0 Å². The van der Waals surface area contributed by atoms with Crippen LogP contribution in [0, 0.1) is 6.92 Å². The number of carbonyl (C=O) groups excluding carboxylic acids is 2. The van der Waals surface area contributed by atoms with Crippen molar-refractivity contribution in [2.24, 2.45) is 0 Å². The van der Waals surface area contributed by atoms with E-state index in [9.17, 15) is 9.59 Å². The number of anilines is 1. The number of hydrogen-bond acceptors (Lipinski definition) is 2. The molecule has 0 radical (unpaired) electrons. The molecule has 1 aromatic carbocycles. The molecule has 1 fully saturated rings. The Hall–Kier alpha value is -1.55. The van der Waals surface area contributed by atoms with Gasteiger partial charge in [-0.05, 0) is 43.5 Å². The number of halogens is 1. The number of nitrogens with zero attached hydrogens (tertiary/aromatic N) is 1. The van der Waals surface area contributed by atoms with Gasteiger partial charge in [0.25, 0.3) is 0 Å². The standard InChI is InChI=1S/C16H21ClN2O2/c1-11-9-13(17)7-8-15(11)19(12(2)20)10-16(21)18-14-5-3-4-6-14/h7-9,14H,3-6,10H2,1-2H3,(H,18,21). The van der Waals surface area contributed by atoms with Crippen molar-refractivity contribution >= 4 is 29.1 Å². The Morgan fingerprint density at radius 2 is 2.00 bits per heavy atom. The van der Waals surface area contributed by atoms with E-state index in [2.05, 4.69) is 5.32 Å². The summed E-state index contributed by atoms with van der Waals surface area (Å²) in [6.45, 7) is 3.40. The highest BCUT2D eigenvalue weighted by molar-refractivity contribution is 6.30. The minimum Gasteiger partial charge on any atom is -0.352 e. The molecule has 4 nitrogen and oxygen atoms in total. The van der Waals surface area contributed by atoms with Gasteiger partial charge in [0.15, 0.2) is 0 Å². The molecule has 0 bridgehead atoms. The minimum absolute atomic E-state index is 0.0499. The number of benzene rings is 1. The van der Waals surface area contributed by atoms with E-state index in [0.717, 1.165) is 36.9 Å². The van der Waals surface area contributed by atoms with Crippen molar-refractivity contribution in [2.45, 2.75) is 45.6 Å². The Morgan fingerprint density at radius 3 is 2.57 bits per heavy atom. The first-order chi connectivity index (χ1) is 9.97. The predicted molar refractivity (Wildman–Crippen MR) is 84.6 cm³/mol. The zero-order chi connectivity index (χ0) is 15.4. The third-order valence-corrected chi connectivity index (χ3v) is 4.09. The lowest BCUT2D eigenvalue weighted by atomic mass is 10.1. The van der Waals surface area contributed by atoms with Gasteiger partial charge >= 0.3 is 0 Å². The van der Waals surface area contributed by atoms with E-state index in [4.69, 9.17) is 11.6 Å². The van der Waals surface area contributed by atoms with Crippen LogP contribution >= 0.6 is 11.6 Å². The summed E-state index contributed by atoms with van der Waals surface area (Å²) in [7, 11) is 0. The summed E-state index contributed by atoms with van der Waals surface area (Å²) < 4.78 is 0. The van der Waals surface area contributed by atoms with Crippen LogP contribution in [0.25, 0.3) is 0 Å². The normalized spacial score (nSPS) is 15.0. The van der Waals surface area contributed by atoms with Crippen LogP contribution in [0.15, 0.2) is 18.2 Å². The van der Waals surface area contributed by atoms with Crippen molar-refractivity contribution in [3.05, 3.63) is 28.8 Å². The molecule has 1 N–H and O–H groups in total. The smallest absolute Gasteiger partial charge is 0.240 e. The maximum absolute atomic E-state index is 12.1. The fourth-order valence-electron chi connectivity index (χ4n) is 2.77. The molecule has 2 rings (SSSR count). The number of amides is 2. The second-order valence-corrected chi connectivity index (χ2v) is 6.02. The Kier molecular flexibility index (Phi) is 5.23. The van der Waals surface area contributed by atoms with Crippen LogP contribution in [-0.2, 0) is 9.59 Å². The Bertz CT molecular complexity index is 539. The van der Waals surface area contributed by atoms with Crippen LogP contribution in [0.5, 0.6) is 0 Å². The lowest BCUT2D eigenvalue weighted by molar-refractivity contribution is -0.123. The first-order valence-electron chi connectivity index (χ1n) is 7.31. The molecule has 1 saturated carbocycles. The predicted octanol–water partition coefficient (Wildman–Crippen LogP) is 3.06. The second-order valence-electron chi connectivity index (χ2n) is 5.58. The molecule has 0 spiro atoms. The Balaban J connectivity index is 2.08. The molecule has 1 aliphatic carbocycles. The lowest BCUT2D eigenvalue weighted by Crippen LogP contribution is -2.43. The Labute approximate surface area is 130 Å². The van der Waals surface area contributed by atoms with Crippen LogP contribution in [0.4, 0.5) is 5.69 Å². The molecule has 5 heteroatoms. The van der Waals surface area contributed by atoms with Crippen molar-refractivity contribution in [1.29, 1.82) is 0 Å². The zero-order valence-corrected chi connectivity index (χ0v) is 13.2. The third kappa shape index (κ3) is 4.21. The average Bonchev–Trinajstić information content (AvgIpc) is 2.89. The summed E-state index contributed by atoms with van der Waals surface area (Å²) in [6, 6.07) is 5.57. The van der Waals surface area contributed by atoms with E-state index in [-0.39, 0.29) is 24.4 Å². The molecular weight excluding hydrogens is 288 g/mol. The van der Waals surface area contributed by atoms with Crippen molar-refractivity contribution in [3.63, 3.8) is 0 Å². The number of rotatable bonds is 4. The van der Waals surface area contributed by atoms with Crippen LogP contribution in [0.1, 0.15) is 38.2 Å². The molecular formula is C16H21ClN2O2. The van der Waals surface area contributed by atoms with Gasteiger partial charge < -0.3 is 10.2 Å². The van der Waals surface area contributed by atoms with Gasteiger partial charge in [-0.1, -0.05) is 24.4 Å². The molecule has 21 heavy (non-hydrogen) atoms. The molecule has 1 aromatic rings. The van der Waals surface area contributed by atoms with Crippen LogP contribution in [0.3, 0.4) is 0 Å². The van der Waals surface area contributed by atoms with E-state index in [0.29, 0.717) is 5.02 Å². The van der Waals surface area contributed by atoms with Crippen LogP contribution in [0.2, 0.25) is 5.02 Å². The van der Waals surface area contributed by atoms with Gasteiger partial charge in [-0.3, -0.25) is 9.59 Å². The lowest BCUT2D eigenvalue weighted by Gasteiger charge is -2.23. The van der Waals surface area contributed by atoms with Crippen molar-refractivity contribution in [3.8, 4) is 0 Å². The van der Waals surface area contributed by atoms with E-state index in [1.807, 2.05) is 6.92 Å². The van der Waals surface area contributed by atoms with Gasteiger partial charge in [-0.25, -0.2) is 0 Å². The van der Waals surface area contributed by atoms with E-state index in [1.165, 1.54) is 11.8 Å². The van der Waals surface area contributed by atoms with Gasteiger partial charge in [0.05, 0.1) is 0 Å². The number of hydrogen-bond donors (Lipinski definition) is 1. The molecule has 0 heterocycles. The minimum atomic E-state index is -0.151.